The normalized spacial score (nSPS) is 20.6. The first-order chi connectivity index (χ1) is 19.8. The van der Waals surface area contributed by atoms with E-state index in [2.05, 4.69) is 59.4 Å². The minimum Gasteiger partial charge on any atom is -0.478 e. The molecule has 6 nitrogen and oxygen atoms in total. The highest BCUT2D eigenvalue weighted by Crippen LogP contribution is 2.47. The van der Waals surface area contributed by atoms with Gasteiger partial charge in [0.25, 0.3) is 0 Å². The van der Waals surface area contributed by atoms with Gasteiger partial charge in [-0.3, -0.25) is 0 Å². The van der Waals surface area contributed by atoms with Crippen LogP contribution in [-0.2, 0) is 11.3 Å². The third-order valence-corrected chi connectivity index (χ3v) is 10.4. The van der Waals surface area contributed by atoms with Gasteiger partial charge in [0.05, 0.1) is 16.9 Å². The van der Waals surface area contributed by atoms with E-state index in [0.717, 1.165) is 44.8 Å². The highest BCUT2D eigenvalue weighted by molar-refractivity contribution is 5.99. The summed E-state index contributed by atoms with van der Waals surface area (Å²) >= 11 is 0. The molecule has 3 aliphatic rings. The number of benzene rings is 2. The van der Waals surface area contributed by atoms with Gasteiger partial charge in [0.1, 0.15) is 0 Å². The van der Waals surface area contributed by atoms with Gasteiger partial charge in [-0.1, -0.05) is 37.5 Å². The smallest absolute Gasteiger partial charge is 0.335 e. The summed E-state index contributed by atoms with van der Waals surface area (Å²) in [5, 5.41) is 11.1. The zero-order valence-corrected chi connectivity index (χ0v) is 25.4. The minimum absolute atomic E-state index is 0.0973. The van der Waals surface area contributed by atoms with Gasteiger partial charge in [-0.2, -0.15) is 0 Å². The molecule has 1 saturated carbocycles. The number of hydrogen-bond donors (Lipinski definition) is 1. The summed E-state index contributed by atoms with van der Waals surface area (Å²) in [7, 11) is 1.84. The Balaban J connectivity index is 1.38. The third kappa shape index (κ3) is 5.41. The highest BCUT2D eigenvalue weighted by Gasteiger charge is 2.34. The van der Waals surface area contributed by atoms with Gasteiger partial charge in [-0.05, 0) is 88.2 Å². The lowest BCUT2D eigenvalue weighted by molar-refractivity contribution is -0.0522. The van der Waals surface area contributed by atoms with Crippen LogP contribution in [-0.4, -0.2) is 66.0 Å². The molecule has 0 amide bonds. The number of carbonyl (C=O) groups is 1. The molecule has 41 heavy (non-hydrogen) atoms. The van der Waals surface area contributed by atoms with Gasteiger partial charge in [0, 0.05) is 67.9 Å². The molecule has 0 spiro atoms. The number of nitrogens with zero attached hydrogens (tertiary/aromatic N) is 3. The van der Waals surface area contributed by atoms with Crippen LogP contribution < -0.4 is 4.90 Å². The predicted molar refractivity (Wildman–Crippen MR) is 167 cm³/mol. The molecule has 1 atom stereocenters. The Kier molecular flexibility index (Phi) is 7.90. The second-order valence-electron chi connectivity index (χ2n) is 13.2. The van der Waals surface area contributed by atoms with Crippen LogP contribution in [0.15, 0.2) is 36.4 Å². The number of methoxy groups -OCH3 is 1. The number of anilines is 1. The average Bonchev–Trinajstić information content (AvgIpc) is 3.22. The maximum Gasteiger partial charge on any atom is 0.335 e. The lowest BCUT2D eigenvalue weighted by atomic mass is 9.81. The topological polar surface area (TPSA) is 57.9 Å². The van der Waals surface area contributed by atoms with Crippen molar-refractivity contribution in [2.24, 2.45) is 5.92 Å². The van der Waals surface area contributed by atoms with E-state index in [1.54, 1.807) is 6.07 Å². The van der Waals surface area contributed by atoms with Gasteiger partial charge in [-0.15, -0.1) is 0 Å². The summed E-state index contributed by atoms with van der Waals surface area (Å²) in [5.41, 5.74) is 8.04. The molecule has 0 unspecified atom stereocenters. The van der Waals surface area contributed by atoms with E-state index in [1.165, 1.54) is 78.4 Å². The number of aryl methyl sites for hydroxylation is 1. The molecule has 3 aromatic rings. The number of likely N-dealkylation sites (tertiary alicyclic amines) is 1. The van der Waals surface area contributed by atoms with Gasteiger partial charge in [0.15, 0.2) is 0 Å². The SMILES string of the molecule is COC(C)(C)[C@@H]1CCCN(CCN2CCn3c(c(C4CCCCC4)c4ccc(C(=O)O)cc43)-c3ccc(C)cc32)C1. The van der Waals surface area contributed by atoms with E-state index in [9.17, 15) is 9.90 Å². The van der Waals surface area contributed by atoms with Crippen LogP contribution in [0.5, 0.6) is 0 Å². The van der Waals surface area contributed by atoms with Crippen LogP contribution in [0.3, 0.4) is 0 Å². The van der Waals surface area contributed by atoms with Crippen molar-refractivity contribution >= 4 is 22.6 Å². The summed E-state index contributed by atoms with van der Waals surface area (Å²) in [6.07, 6.45) is 8.74. The van der Waals surface area contributed by atoms with Gasteiger partial charge in [-0.25, -0.2) is 4.79 Å². The number of carboxylic acids is 1. The second-order valence-corrected chi connectivity index (χ2v) is 13.2. The number of fused-ring (bicyclic) bond motifs is 5. The van der Waals surface area contributed by atoms with Gasteiger partial charge in [0.2, 0.25) is 0 Å². The largest absolute Gasteiger partial charge is 0.478 e. The predicted octanol–water partition coefficient (Wildman–Crippen LogP) is 7.32. The maximum absolute atomic E-state index is 12.0. The van der Waals surface area contributed by atoms with Crippen molar-refractivity contribution in [3.8, 4) is 11.3 Å². The molecule has 6 heteroatoms. The highest BCUT2D eigenvalue weighted by atomic mass is 16.5. The standard InChI is InChI=1S/C35H47N3O3/c1-24-12-14-29-30(21-24)37(18-17-36-16-8-11-27(23-36)35(2,3)41-4)19-20-38-31-22-26(34(39)40)13-15-28(31)32(33(29)38)25-9-6-5-7-10-25/h12-15,21-22,25,27H,5-11,16-20,23H2,1-4H3,(H,39,40)/t27-/m1/s1. The molecule has 6 rings (SSSR count). The van der Waals surface area contributed by atoms with Crippen molar-refractivity contribution in [2.45, 2.75) is 83.8 Å². The Labute approximate surface area is 245 Å². The molecule has 220 valence electrons. The fourth-order valence-electron chi connectivity index (χ4n) is 7.77. The minimum atomic E-state index is -0.857. The molecule has 0 bridgehead atoms. The van der Waals surface area contributed by atoms with E-state index in [4.69, 9.17) is 4.74 Å². The summed E-state index contributed by atoms with van der Waals surface area (Å²) in [6.45, 7) is 12.7. The first-order valence-electron chi connectivity index (χ1n) is 15.8. The molecule has 3 heterocycles. The third-order valence-electron chi connectivity index (χ3n) is 10.4. The Morgan fingerprint density at radius 3 is 2.54 bits per heavy atom. The van der Waals surface area contributed by atoms with Crippen molar-refractivity contribution < 1.29 is 14.6 Å². The van der Waals surface area contributed by atoms with Crippen molar-refractivity contribution in [3.63, 3.8) is 0 Å². The number of hydrogen-bond acceptors (Lipinski definition) is 4. The average molecular weight is 558 g/mol. The first-order valence-corrected chi connectivity index (χ1v) is 15.8. The number of carboxylic acid groups (broad SMARTS) is 1. The van der Waals surface area contributed by atoms with E-state index in [1.807, 2.05) is 13.2 Å². The molecular formula is C35H47N3O3. The van der Waals surface area contributed by atoms with Gasteiger partial charge < -0.3 is 24.2 Å². The molecule has 1 N–H and O–H groups in total. The van der Waals surface area contributed by atoms with E-state index in [-0.39, 0.29) is 5.60 Å². The van der Waals surface area contributed by atoms with Crippen LogP contribution in [0.25, 0.3) is 22.2 Å². The summed E-state index contributed by atoms with van der Waals surface area (Å²) in [6, 6.07) is 12.8. The summed E-state index contributed by atoms with van der Waals surface area (Å²) in [4.78, 5) is 17.2. The second kappa shape index (κ2) is 11.4. The Hall–Kier alpha value is -2.83. The van der Waals surface area contributed by atoms with Crippen molar-refractivity contribution in [1.29, 1.82) is 0 Å². The Morgan fingerprint density at radius 1 is 0.976 bits per heavy atom. The Bertz CT molecular complexity index is 1420. The fraction of sp³-hybridized carbons (Fsp3) is 0.571. The molecule has 0 radical (unpaired) electrons. The van der Waals surface area contributed by atoms with Crippen LogP contribution >= 0.6 is 0 Å². The zero-order chi connectivity index (χ0) is 28.7. The number of aromatic nitrogens is 1. The van der Waals surface area contributed by atoms with Crippen LogP contribution in [0.2, 0.25) is 0 Å². The lowest BCUT2D eigenvalue weighted by Crippen LogP contribution is -2.47. The van der Waals surface area contributed by atoms with E-state index < -0.39 is 5.97 Å². The molecule has 1 saturated heterocycles. The number of piperidine rings is 1. The monoisotopic (exact) mass is 557 g/mol. The number of rotatable bonds is 7. The van der Waals surface area contributed by atoms with Crippen molar-refractivity contribution in [2.75, 3.05) is 44.7 Å². The lowest BCUT2D eigenvalue weighted by Gasteiger charge is -2.41. The molecular weight excluding hydrogens is 510 g/mol. The molecule has 2 fully saturated rings. The fourth-order valence-corrected chi connectivity index (χ4v) is 7.77. The number of aromatic carboxylic acids is 1. The zero-order valence-electron chi connectivity index (χ0n) is 25.4. The van der Waals surface area contributed by atoms with Gasteiger partial charge >= 0.3 is 5.97 Å². The molecule has 1 aromatic heterocycles. The van der Waals surface area contributed by atoms with Crippen molar-refractivity contribution in [3.05, 3.63) is 53.1 Å². The molecule has 2 aliphatic heterocycles. The molecule has 2 aromatic carbocycles. The van der Waals surface area contributed by atoms with Crippen LogP contribution in [0.4, 0.5) is 5.69 Å². The maximum atomic E-state index is 12.0. The van der Waals surface area contributed by atoms with Crippen LogP contribution in [0.1, 0.15) is 86.2 Å². The first kappa shape index (κ1) is 28.3. The van der Waals surface area contributed by atoms with E-state index >= 15 is 0 Å². The molecule has 1 aliphatic carbocycles. The van der Waals surface area contributed by atoms with Crippen molar-refractivity contribution in [1.82, 2.24) is 9.47 Å². The Morgan fingerprint density at radius 2 is 1.78 bits per heavy atom. The quantitative estimate of drug-likeness (QED) is 0.330. The number of ether oxygens (including phenoxy) is 1. The summed E-state index contributed by atoms with van der Waals surface area (Å²) < 4.78 is 8.32. The van der Waals surface area contributed by atoms with Crippen LogP contribution in [0, 0.1) is 12.8 Å². The van der Waals surface area contributed by atoms with E-state index in [0.29, 0.717) is 17.4 Å². The summed E-state index contributed by atoms with van der Waals surface area (Å²) in [5.74, 6) is 0.214.